The Hall–Kier alpha value is -2.61. The first-order chi connectivity index (χ1) is 14.1. The van der Waals surface area contributed by atoms with Crippen molar-refractivity contribution in [1.29, 1.82) is 0 Å². The number of aromatic hydroxyl groups is 1. The fraction of sp³-hybridized carbons (Fsp3) is 0.429. The van der Waals surface area contributed by atoms with E-state index in [9.17, 15) is 14.7 Å². The summed E-state index contributed by atoms with van der Waals surface area (Å²) >= 11 is 1.47. The van der Waals surface area contributed by atoms with Gasteiger partial charge in [0.1, 0.15) is 11.8 Å². The molecular weight excluding hydrogens is 390 g/mol. The molecule has 2 aromatic heterocycles. The van der Waals surface area contributed by atoms with Gasteiger partial charge in [-0.3, -0.25) is 9.78 Å². The SMILES string of the molecule is CCCCCCOC(=O)C(CSCc1ccccn1)NC(=O)c1ncccc1O. The summed E-state index contributed by atoms with van der Waals surface area (Å²) in [5, 5.41) is 12.5. The Kier molecular flexibility index (Phi) is 9.99. The summed E-state index contributed by atoms with van der Waals surface area (Å²) in [4.78, 5) is 33.1. The molecule has 2 rings (SSSR count). The molecule has 1 unspecified atom stereocenters. The quantitative estimate of drug-likeness (QED) is 0.403. The average Bonchev–Trinajstić information content (AvgIpc) is 2.73. The molecule has 8 heteroatoms. The number of aromatic nitrogens is 2. The van der Waals surface area contributed by atoms with Crippen molar-refractivity contribution >= 4 is 23.6 Å². The zero-order valence-corrected chi connectivity index (χ0v) is 17.4. The number of ether oxygens (including phenoxy) is 1. The number of carbonyl (C=O) groups is 2. The van der Waals surface area contributed by atoms with Crippen LogP contribution in [0.15, 0.2) is 42.7 Å². The molecule has 29 heavy (non-hydrogen) atoms. The maximum absolute atomic E-state index is 12.5. The van der Waals surface area contributed by atoms with Crippen LogP contribution in [-0.4, -0.2) is 45.4 Å². The molecule has 1 atom stereocenters. The number of hydrogen-bond donors (Lipinski definition) is 2. The van der Waals surface area contributed by atoms with E-state index in [2.05, 4.69) is 22.2 Å². The highest BCUT2D eigenvalue weighted by molar-refractivity contribution is 7.98. The van der Waals surface area contributed by atoms with Gasteiger partial charge < -0.3 is 15.2 Å². The lowest BCUT2D eigenvalue weighted by Gasteiger charge is -2.17. The largest absolute Gasteiger partial charge is 0.505 e. The van der Waals surface area contributed by atoms with Crippen LogP contribution >= 0.6 is 11.8 Å². The van der Waals surface area contributed by atoms with E-state index >= 15 is 0 Å². The van der Waals surface area contributed by atoms with Crippen molar-refractivity contribution in [3.63, 3.8) is 0 Å². The number of esters is 1. The molecule has 156 valence electrons. The molecule has 0 radical (unpaired) electrons. The van der Waals surface area contributed by atoms with Crippen LogP contribution in [0.2, 0.25) is 0 Å². The van der Waals surface area contributed by atoms with E-state index in [0.717, 1.165) is 31.4 Å². The van der Waals surface area contributed by atoms with E-state index in [0.29, 0.717) is 18.1 Å². The van der Waals surface area contributed by atoms with E-state index in [1.54, 1.807) is 6.20 Å². The van der Waals surface area contributed by atoms with Crippen LogP contribution in [0.4, 0.5) is 0 Å². The molecule has 0 aliphatic heterocycles. The van der Waals surface area contributed by atoms with Gasteiger partial charge in [0.25, 0.3) is 5.91 Å². The number of pyridine rings is 2. The number of thioether (sulfide) groups is 1. The molecule has 0 saturated heterocycles. The lowest BCUT2D eigenvalue weighted by molar-refractivity contribution is -0.145. The molecule has 0 fully saturated rings. The number of amides is 1. The van der Waals surface area contributed by atoms with Gasteiger partial charge >= 0.3 is 5.97 Å². The van der Waals surface area contributed by atoms with Crippen LogP contribution in [0.25, 0.3) is 0 Å². The van der Waals surface area contributed by atoms with Gasteiger partial charge in [-0.25, -0.2) is 9.78 Å². The first-order valence-electron chi connectivity index (χ1n) is 9.71. The number of nitrogens with zero attached hydrogens (tertiary/aromatic N) is 2. The van der Waals surface area contributed by atoms with Crippen LogP contribution in [0.1, 0.15) is 48.8 Å². The molecule has 0 spiro atoms. The highest BCUT2D eigenvalue weighted by atomic mass is 32.2. The minimum atomic E-state index is -0.844. The predicted molar refractivity (Wildman–Crippen MR) is 113 cm³/mol. The summed E-state index contributed by atoms with van der Waals surface area (Å²) in [5.74, 6) is -0.415. The third-order valence-electron chi connectivity index (χ3n) is 4.09. The molecule has 0 bridgehead atoms. The van der Waals surface area contributed by atoms with Gasteiger partial charge in [0, 0.05) is 23.9 Å². The first kappa shape index (κ1) is 22.7. The lowest BCUT2D eigenvalue weighted by Crippen LogP contribution is -2.44. The Morgan fingerprint density at radius 1 is 1.14 bits per heavy atom. The van der Waals surface area contributed by atoms with Gasteiger partial charge in [0.15, 0.2) is 5.69 Å². The number of rotatable bonds is 12. The summed E-state index contributed by atoms with van der Waals surface area (Å²) in [7, 11) is 0. The normalized spacial score (nSPS) is 11.6. The molecule has 2 heterocycles. The third-order valence-corrected chi connectivity index (χ3v) is 5.16. The molecule has 2 aromatic rings. The van der Waals surface area contributed by atoms with Crippen molar-refractivity contribution in [3.05, 3.63) is 54.1 Å². The van der Waals surface area contributed by atoms with Crippen molar-refractivity contribution in [2.45, 2.75) is 44.4 Å². The molecular formula is C21H27N3O4S. The molecule has 0 aromatic carbocycles. The number of hydrogen-bond acceptors (Lipinski definition) is 7. The average molecular weight is 418 g/mol. The van der Waals surface area contributed by atoms with E-state index in [1.165, 1.54) is 30.1 Å². The molecule has 0 aliphatic rings. The van der Waals surface area contributed by atoms with Crippen molar-refractivity contribution in [2.75, 3.05) is 12.4 Å². The van der Waals surface area contributed by atoms with Crippen LogP contribution in [0.3, 0.4) is 0 Å². The summed E-state index contributed by atoms with van der Waals surface area (Å²) in [6.07, 6.45) is 7.11. The Morgan fingerprint density at radius 3 is 2.69 bits per heavy atom. The number of carbonyl (C=O) groups excluding carboxylic acids is 2. The highest BCUT2D eigenvalue weighted by Crippen LogP contribution is 2.15. The minimum absolute atomic E-state index is 0.122. The topological polar surface area (TPSA) is 101 Å². The van der Waals surface area contributed by atoms with Crippen LogP contribution < -0.4 is 5.32 Å². The second-order valence-corrected chi connectivity index (χ2v) is 7.49. The fourth-order valence-corrected chi connectivity index (χ4v) is 3.49. The number of nitrogens with one attached hydrogen (secondary N) is 1. The van der Waals surface area contributed by atoms with E-state index < -0.39 is 17.9 Å². The van der Waals surface area contributed by atoms with E-state index in [1.807, 2.05) is 18.2 Å². The number of unbranched alkanes of at least 4 members (excludes halogenated alkanes) is 3. The molecule has 1 amide bonds. The van der Waals surface area contributed by atoms with E-state index in [4.69, 9.17) is 4.74 Å². The molecule has 7 nitrogen and oxygen atoms in total. The van der Waals surface area contributed by atoms with Crippen molar-refractivity contribution < 1.29 is 19.4 Å². The second kappa shape index (κ2) is 12.8. The monoisotopic (exact) mass is 417 g/mol. The van der Waals surface area contributed by atoms with E-state index in [-0.39, 0.29) is 11.4 Å². The van der Waals surface area contributed by atoms with Crippen molar-refractivity contribution in [3.8, 4) is 5.75 Å². The van der Waals surface area contributed by atoms with Gasteiger partial charge in [0.2, 0.25) is 0 Å². The Morgan fingerprint density at radius 2 is 1.97 bits per heavy atom. The van der Waals surface area contributed by atoms with Crippen molar-refractivity contribution in [2.24, 2.45) is 0 Å². The van der Waals surface area contributed by atoms with Gasteiger partial charge in [0.05, 0.1) is 12.3 Å². The smallest absolute Gasteiger partial charge is 0.329 e. The van der Waals surface area contributed by atoms with Crippen molar-refractivity contribution in [1.82, 2.24) is 15.3 Å². The third kappa shape index (κ3) is 8.11. The fourth-order valence-electron chi connectivity index (χ4n) is 2.53. The van der Waals surface area contributed by atoms with Gasteiger partial charge in [-0.15, -0.1) is 0 Å². The van der Waals surface area contributed by atoms with Gasteiger partial charge in [-0.2, -0.15) is 11.8 Å². The molecule has 0 saturated carbocycles. The van der Waals surface area contributed by atoms with Crippen LogP contribution in [-0.2, 0) is 15.3 Å². The predicted octanol–water partition coefficient (Wildman–Crippen LogP) is 3.34. The summed E-state index contributed by atoms with van der Waals surface area (Å²) in [6.45, 7) is 2.44. The lowest BCUT2D eigenvalue weighted by atomic mass is 10.2. The zero-order valence-electron chi connectivity index (χ0n) is 16.5. The van der Waals surface area contributed by atoms with Gasteiger partial charge in [-0.1, -0.05) is 32.3 Å². The first-order valence-corrected chi connectivity index (χ1v) is 10.9. The zero-order chi connectivity index (χ0) is 20.9. The second-order valence-electron chi connectivity index (χ2n) is 6.46. The Balaban J connectivity index is 1.94. The van der Waals surface area contributed by atoms with Gasteiger partial charge in [-0.05, 0) is 30.7 Å². The maximum atomic E-state index is 12.5. The summed E-state index contributed by atoms with van der Waals surface area (Å²) < 4.78 is 5.35. The highest BCUT2D eigenvalue weighted by Gasteiger charge is 2.24. The Labute approximate surface area is 175 Å². The Bertz CT molecular complexity index is 774. The molecule has 0 aliphatic carbocycles. The maximum Gasteiger partial charge on any atom is 0.329 e. The summed E-state index contributed by atoms with van der Waals surface area (Å²) in [5.41, 5.74) is 0.765. The summed E-state index contributed by atoms with van der Waals surface area (Å²) in [6, 6.07) is 7.70. The molecule has 2 N–H and O–H groups in total. The van der Waals surface area contributed by atoms with Crippen LogP contribution in [0.5, 0.6) is 5.75 Å². The standard InChI is InChI=1S/C21H27N3O4S/c1-2-3-4-7-13-28-21(27)17(15-29-14-16-9-5-6-11-22-16)24-20(26)19-18(25)10-8-12-23-19/h5-6,8-12,17,25H,2-4,7,13-15H2,1H3,(H,24,26). The minimum Gasteiger partial charge on any atom is -0.505 e. The van der Waals surface area contributed by atoms with Crippen LogP contribution in [0, 0.1) is 0 Å².